The van der Waals surface area contributed by atoms with E-state index in [4.69, 9.17) is 0 Å². The van der Waals surface area contributed by atoms with Gasteiger partial charge in [-0.1, -0.05) is 74.0 Å². The molecular formula is C25H23N3O2. The van der Waals surface area contributed by atoms with Gasteiger partial charge in [-0.05, 0) is 30.2 Å². The third-order valence-corrected chi connectivity index (χ3v) is 5.02. The fourth-order valence-electron chi connectivity index (χ4n) is 3.50. The number of nitrogens with one attached hydrogen (secondary N) is 2. The van der Waals surface area contributed by atoms with Gasteiger partial charge in [0.1, 0.15) is 0 Å². The summed E-state index contributed by atoms with van der Waals surface area (Å²) < 4.78 is 0. The van der Waals surface area contributed by atoms with Crippen molar-refractivity contribution in [1.82, 2.24) is 5.32 Å². The van der Waals surface area contributed by atoms with E-state index >= 15 is 0 Å². The van der Waals surface area contributed by atoms with E-state index in [2.05, 4.69) is 22.5 Å². The molecule has 2 N–H and O–H groups in total. The van der Waals surface area contributed by atoms with Crippen LogP contribution in [0.1, 0.15) is 40.4 Å². The molecule has 1 aliphatic rings. The van der Waals surface area contributed by atoms with Crippen molar-refractivity contribution in [1.29, 1.82) is 0 Å². The zero-order chi connectivity index (χ0) is 20.9. The van der Waals surface area contributed by atoms with Gasteiger partial charge in [0.25, 0.3) is 11.8 Å². The summed E-state index contributed by atoms with van der Waals surface area (Å²) >= 11 is 0. The predicted octanol–water partition coefficient (Wildman–Crippen LogP) is 4.18. The van der Waals surface area contributed by atoms with E-state index in [1.165, 1.54) is 5.56 Å². The molecule has 0 saturated heterocycles. The van der Waals surface area contributed by atoms with Gasteiger partial charge in [-0.3, -0.25) is 9.59 Å². The Morgan fingerprint density at radius 1 is 0.967 bits per heavy atom. The van der Waals surface area contributed by atoms with Gasteiger partial charge in [-0.15, -0.1) is 0 Å². The van der Waals surface area contributed by atoms with Crippen LogP contribution in [0.3, 0.4) is 0 Å². The van der Waals surface area contributed by atoms with Gasteiger partial charge < -0.3 is 10.6 Å². The molecule has 2 amide bonds. The van der Waals surface area contributed by atoms with Crippen LogP contribution in [-0.4, -0.2) is 23.7 Å². The van der Waals surface area contributed by atoms with E-state index in [9.17, 15) is 9.59 Å². The average molecular weight is 397 g/mol. The van der Waals surface area contributed by atoms with Gasteiger partial charge in [-0.25, -0.2) is 4.99 Å². The van der Waals surface area contributed by atoms with E-state index in [-0.39, 0.29) is 11.8 Å². The molecule has 150 valence electrons. The molecule has 3 aromatic carbocycles. The minimum atomic E-state index is -1.03. The number of nitrogens with zero attached hydrogens (tertiary/aromatic N) is 1. The maximum absolute atomic E-state index is 12.8. The van der Waals surface area contributed by atoms with Crippen molar-refractivity contribution < 1.29 is 9.59 Å². The molecule has 30 heavy (non-hydrogen) atoms. The summed E-state index contributed by atoms with van der Waals surface area (Å²) in [6.45, 7) is 2.12. The second-order valence-corrected chi connectivity index (χ2v) is 7.20. The summed E-state index contributed by atoms with van der Waals surface area (Å²) in [6, 6.07) is 24.6. The number of aryl methyl sites for hydroxylation is 1. The van der Waals surface area contributed by atoms with Crippen molar-refractivity contribution in [3.05, 3.63) is 101 Å². The number of anilines is 1. The topological polar surface area (TPSA) is 70.6 Å². The lowest BCUT2D eigenvalue weighted by atomic mass is 10.0. The molecule has 0 aromatic heterocycles. The summed E-state index contributed by atoms with van der Waals surface area (Å²) in [5.41, 5.74) is 4.71. The van der Waals surface area contributed by atoms with Gasteiger partial charge in [0, 0.05) is 16.7 Å². The van der Waals surface area contributed by atoms with Gasteiger partial charge in [0.2, 0.25) is 6.17 Å². The summed E-state index contributed by atoms with van der Waals surface area (Å²) in [4.78, 5) is 30.3. The molecule has 0 radical (unpaired) electrons. The van der Waals surface area contributed by atoms with Crippen molar-refractivity contribution in [3.63, 3.8) is 0 Å². The quantitative estimate of drug-likeness (QED) is 0.678. The van der Waals surface area contributed by atoms with Crippen molar-refractivity contribution in [2.24, 2.45) is 4.99 Å². The lowest BCUT2D eigenvalue weighted by Gasteiger charge is -2.13. The van der Waals surface area contributed by atoms with Crippen LogP contribution in [0.15, 0.2) is 83.9 Å². The highest BCUT2D eigenvalue weighted by Gasteiger charge is 2.27. The van der Waals surface area contributed by atoms with Crippen LogP contribution in [-0.2, 0) is 11.2 Å². The molecule has 0 saturated carbocycles. The fraction of sp³-hybridized carbons (Fsp3) is 0.160. The number of fused-ring (bicyclic) bond motifs is 1. The molecule has 1 atom stereocenters. The number of carbonyl (C=O) groups excluding carboxylic acids is 2. The van der Waals surface area contributed by atoms with Crippen molar-refractivity contribution in [2.45, 2.75) is 25.9 Å². The van der Waals surface area contributed by atoms with Crippen LogP contribution in [0.5, 0.6) is 0 Å². The van der Waals surface area contributed by atoms with Crippen LogP contribution in [0.4, 0.5) is 5.69 Å². The first-order valence-corrected chi connectivity index (χ1v) is 10.1. The van der Waals surface area contributed by atoms with E-state index in [0.29, 0.717) is 17.0 Å². The first-order chi connectivity index (χ1) is 14.7. The van der Waals surface area contributed by atoms with E-state index in [0.717, 1.165) is 24.0 Å². The highest BCUT2D eigenvalue weighted by molar-refractivity contribution is 6.20. The maximum Gasteiger partial charge on any atom is 0.269 e. The molecule has 0 unspecified atom stereocenters. The predicted molar refractivity (Wildman–Crippen MR) is 119 cm³/mol. The standard InChI is InChI=1S/C25H23N3O2/c1-2-8-17-13-15-19(16-14-17)24(29)28-23-25(30)26-21-12-7-6-11-20(21)22(27-23)18-9-4-3-5-10-18/h3-7,9-16,23H,2,8H2,1H3,(H,26,30)(H,28,29)/t23-/m1/s1. The van der Waals surface area contributed by atoms with Crippen molar-refractivity contribution >= 4 is 23.2 Å². The molecular weight excluding hydrogens is 374 g/mol. The maximum atomic E-state index is 12.8. The Balaban J connectivity index is 1.66. The number of amides is 2. The lowest BCUT2D eigenvalue weighted by Crippen LogP contribution is -2.42. The third kappa shape index (κ3) is 4.15. The van der Waals surface area contributed by atoms with Crippen LogP contribution in [0.2, 0.25) is 0 Å². The highest BCUT2D eigenvalue weighted by atomic mass is 16.2. The number of benzene rings is 3. The molecule has 5 heteroatoms. The molecule has 4 rings (SSSR count). The Morgan fingerprint density at radius 3 is 2.40 bits per heavy atom. The monoisotopic (exact) mass is 397 g/mol. The number of carbonyl (C=O) groups is 2. The third-order valence-electron chi connectivity index (χ3n) is 5.02. The Hall–Kier alpha value is -3.73. The fourth-order valence-corrected chi connectivity index (χ4v) is 3.50. The molecule has 0 bridgehead atoms. The molecule has 0 aliphatic carbocycles. The summed E-state index contributed by atoms with van der Waals surface area (Å²) in [5, 5.41) is 5.66. The van der Waals surface area contributed by atoms with Crippen LogP contribution in [0.25, 0.3) is 0 Å². The molecule has 5 nitrogen and oxygen atoms in total. The number of benzodiazepines with no additional fused rings is 1. The Bertz CT molecular complexity index is 1090. The average Bonchev–Trinajstić information content (AvgIpc) is 2.91. The Labute approximate surface area is 175 Å². The smallest absolute Gasteiger partial charge is 0.269 e. The number of para-hydroxylation sites is 1. The first kappa shape index (κ1) is 19.6. The van der Waals surface area contributed by atoms with Crippen LogP contribution < -0.4 is 10.6 Å². The molecule has 1 aliphatic heterocycles. The molecule has 0 fully saturated rings. The van der Waals surface area contributed by atoms with Crippen LogP contribution >= 0.6 is 0 Å². The van der Waals surface area contributed by atoms with Crippen molar-refractivity contribution in [3.8, 4) is 0 Å². The SMILES string of the molecule is CCCc1ccc(C(=O)N[C@H]2N=C(c3ccccc3)c3ccccc3NC2=O)cc1. The van der Waals surface area contributed by atoms with Gasteiger partial charge in [0.05, 0.1) is 11.4 Å². The highest BCUT2D eigenvalue weighted by Crippen LogP contribution is 2.23. The molecule has 0 spiro atoms. The lowest BCUT2D eigenvalue weighted by molar-refractivity contribution is -0.117. The first-order valence-electron chi connectivity index (χ1n) is 10.1. The number of hydrogen-bond acceptors (Lipinski definition) is 3. The van der Waals surface area contributed by atoms with E-state index in [1.54, 1.807) is 12.1 Å². The van der Waals surface area contributed by atoms with Crippen LogP contribution in [0, 0.1) is 0 Å². The minimum Gasteiger partial charge on any atom is -0.322 e. The van der Waals surface area contributed by atoms with Gasteiger partial charge in [-0.2, -0.15) is 0 Å². The Kier molecular flexibility index (Phi) is 5.70. The van der Waals surface area contributed by atoms with Gasteiger partial charge in [0.15, 0.2) is 0 Å². The summed E-state index contributed by atoms with van der Waals surface area (Å²) in [5.74, 6) is -0.704. The van der Waals surface area contributed by atoms with E-state index < -0.39 is 6.17 Å². The zero-order valence-electron chi connectivity index (χ0n) is 16.8. The molecule has 1 heterocycles. The second-order valence-electron chi connectivity index (χ2n) is 7.20. The second kappa shape index (κ2) is 8.74. The normalized spacial score (nSPS) is 15.4. The number of hydrogen-bond donors (Lipinski definition) is 2. The molecule has 3 aromatic rings. The Morgan fingerprint density at radius 2 is 1.67 bits per heavy atom. The van der Waals surface area contributed by atoms with Crippen molar-refractivity contribution in [2.75, 3.05) is 5.32 Å². The minimum absolute atomic E-state index is 0.333. The summed E-state index contributed by atoms with van der Waals surface area (Å²) in [7, 11) is 0. The van der Waals surface area contributed by atoms with E-state index in [1.807, 2.05) is 66.7 Å². The largest absolute Gasteiger partial charge is 0.322 e. The number of rotatable bonds is 5. The number of aliphatic imine (C=N–C) groups is 1. The zero-order valence-corrected chi connectivity index (χ0v) is 16.8. The summed E-state index contributed by atoms with van der Waals surface area (Å²) in [6.07, 6.45) is 0.983. The van der Waals surface area contributed by atoms with Gasteiger partial charge >= 0.3 is 0 Å².